The van der Waals surface area contributed by atoms with Crippen molar-refractivity contribution >= 4 is 16.7 Å². The molecule has 1 fully saturated rings. The zero-order chi connectivity index (χ0) is 13.1. The molecular formula is C15H19N3O. The first kappa shape index (κ1) is 12.4. The molecule has 1 aliphatic rings. The maximum absolute atomic E-state index is 5.19. The number of ether oxygens (including phenoxy) is 1. The fraction of sp³-hybridized carbons (Fsp3) is 0.467. The molecule has 19 heavy (non-hydrogen) atoms. The predicted molar refractivity (Wildman–Crippen MR) is 76.2 cm³/mol. The lowest BCUT2D eigenvalue weighted by Crippen LogP contribution is -2.18. The first-order valence-corrected chi connectivity index (χ1v) is 6.76. The van der Waals surface area contributed by atoms with Crippen LogP contribution >= 0.6 is 0 Å². The van der Waals surface area contributed by atoms with E-state index < -0.39 is 0 Å². The van der Waals surface area contributed by atoms with E-state index in [9.17, 15) is 0 Å². The molecule has 0 atom stereocenters. The largest absolute Gasteiger partial charge is 0.385 e. The van der Waals surface area contributed by atoms with E-state index in [-0.39, 0.29) is 0 Å². The SMILES string of the molecule is COCCC1(CNc2ncnc3ccccc23)CC1. The third-order valence-electron chi connectivity index (χ3n) is 3.97. The van der Waals surface area contributed by atoms with Crippen molar-refractivity contribution in [1.82, 2.24) is 9.97 Å². The first-order valence-electron chi connectivity index (χ1n) is 6.76. The van der Waals surface area contributed by atoms with Gasteiger partial charge in [-0.1, -0.05) is 12.1 Å². The van der Waals surface area contributed by atoms with Crippen LogP contribution in [0, 0.1) is 5.41 Å². The number of aromatic nitrogens is 2. The molecule has 1 aliphatic carbocycles. The topological polar surface area (TPSA) is 47.0 Å². The number of nitrogens with one attached hydrogen (secondary N) is 1. The minimum atomic E-state index is 0.419. The van der Waals surface area contributed by atoms with Crippen molar-refractivity contribution in [2.45, 2.75) is 19.3 Å². The summed E-state index contributed by atoms with van der Waals surface area (Å²) in [6.07, 6.45) is 5.32. The van der Waals surface area contributed by atoms with Gasteiger partial charge in [0, 0.05) is 25.6 Å². The van der Waals surface area contributed by atoms with Gasteiger partial charge in [0.1, 0.15) is 12.1 Å². The summed E-state index contributed by atoms with van der Waals surface area (Å²) < 4.78 is 5.19. The maximum atomic E-state index is 5.19. The number of anilines is 1. The van der Waals surface area contributed by atoms with Gasteiger partial charge in [0.05, 0.1) is 5.52 Å². The number of benzene rings is 1. The van der Waals surface area contributed by atoms with Gasteiger partial charge in [0.15, 0.2) is 0 Å². The summed E-state index contributed by atoms with van der Waals surface area (Å²) in [6.45, 7) is 1.81. The third-order valence-corrected chi connectivity index (χ3v) is 3.97. The summed E-state index contributed by atoms with van der Waals surface area (Å²) in [5.74, 6) is 0.939. The number of hydrogen-bond acceptors (Lipinski definition) is 4. The summed E-state index contributed by atoms with van der Waals surface area (Å²) in [7, 11) is 1.77. The standard InChI is InChI=1S/C15H19N3O/c1-19-9-8-15(6-7-15)10-16-14-12-4-2-3-5-13(12)17-11-18-14/h2-5,11H,6-10H2,1H3,(H,16,17,18). The smallest absolute Gasteiger partial charge is 0.137 e. The summed E-state index contributed by atoms with van der Waals surface area (Å²) in [5, 5.41) is 4.58. The molecule has 0 unspecified atom stereocenters. The van der Waals surface area contributed by atoms with Crippen LogP contribution < -0.4 is 5.32 Å². The fourth-order valence-electron chi connectivity index (χ4n) is 2.43. The Bertz CT molecular complexity index is 561. The average Bonchev–Trinajstić information content (AvgIpc) is 3.23. The van der Waals surface area contributed by atoms with Gasteiger partial charge in [-0.3, -0.25) is 0 Å². The first-order chi connectivity index (χ1) is 9.33. The molecule has 1 aromatic heterocycles. The van der Waals surface area contributed by atoms with Crippen molar-refractivity contribution in [2.75, 3.05) is 25.6 Å². The van der Waals surface area contributed by atoms with Crippen molar-refractivity contribution < 1.29 is 4.74 Å². The highest BCUT2D eigenvalue weighted by atomic mass is 16.5. The lowest BCUT2D eigenvalue weighted by Gasteiger charge is -2.16. The molecule has 0 saturated heterocycles. The van der Waals surface area contributed by atoms with Crippen LogP contribution in [-0.4, -0.2) is 30.2 Å². The summed E-state index contributed by atoms with van der Waals surface area (Å²) in [5.41, 5.74) is 1.41. The molecule has 4 nitrogen and oxygen atoms in total. The molecule has 100 valence electrons. The quantitative estimate of drug-likeness (QED) is 0.864. The highest BCUT2D eigenvalue weighted by Crippen LogP contribution is 2.48. The second-order valence-electron chi connectivity index (χ2n) is 5.34. The monoisotopic (exact) mass is 257 g/mol. The van der Waals surface area contributed by atoms with Crippen molar-refractivity contribution in [3.8, 4) is 0 Å². The zero-order valence-electron chi connectivity index (χ0n) is 11.2. The van der Waals surface area contributed by atoms with Gasteiger partial charge in [0.2, 0.25) is 0 Å². The van der Waals surface area contributed by atoms with Crippen LogP contribution in [0.5, 0.6) is 0 Å². The van der Waals surface area contributed by atoms with Crippen LogP contribution in [0.4, 0.5) is 5.82 Å². The predicted octanol–water partition coefficient (Wildman–Crippen LogP) is 2.86. The van der Waals surface area contributed by atoms with E-state index in [1.165, 1.54) is 12.8 Å². The lowest BCUT2D eigenvalue weighted by molar-refractivity contribution is 0.175. The van der Waals surface area contributed by atoms with E-state index in [2.05, 4.69) is 21.4 Å². The molecule has 1 aromatic carbocycles. The Labute approximate surface area is 113 Å². The van der Waals surface area contributed by atoms with Gasteiger partial charge >= 0.3 is 0 Å². The van der Waals surface area contributed by atoms with Crippen molar-refractivity contribution in [1.29, 1.82) is 0 Å². The Kier molecular flexibility index (Phi) is 3.34. The molecule has 0 aliphatic heterocycles. The number of rotatable bonds is 6. The van der Waals surface area contributed by atoms with Crippen molar-refractivity contribution in [2.24, 2.45) is 5.41 Å². The Balaban J connectivity index is 1.72. The molecule has 3 rings (SSSR count). The van der Waals surface area contributed by atoms with Gasteiger partial charge in [-0.2, -0.15) is 0 Å². The van der Waals surface area contributed by atoms with Crippen LogP contribution in [-0.2, 0) is 4.74 Å². The second kappa shape index (κ2) is 5.13. The fourth-order valence-corrected chi connectivity index (χ4v) is 2.43. The van der Waals surface area contributed by atoms with Crippen molar-refractivity contribution in [3.63, 3.8) is 0 Å². The lowest BCUT2D eigenvalue weighted by atomic mass is 10.0. The molecule has 0 amide bonds. The third kappa shape index (κ3) is 2.68. The van der Waals surface area contributed by atoms with E-state index in [0.29, 0.717) is 5.41 Å². The van der Waals surface area contributed by atoms with Gasteiger partial charge in [-0.25, -0.2) is 9.97 Å². The number of fused-ring (bicyclic) bond motifs is 1. The average molecular weight is 257 g/mol. The second-order valence-corrected chi connectivity index (χ2v) is 5.34. The highest BCUT2D eigenvalue weighted by Gasteiger charge is 2.41. The van der Waals surface area contributed by atoms with Crippen LogP contribution in [0.2, 0.25) is 0 Å². The highest BCUT2D eigenvalue weighted by molar-refractivity contribution is 5.88. The molecule has 4 heteroatoms. The zero-order valence-corrected chi connectivity index (χ0v) is 11.2. The number of nitrogens with zero attached hydrogens (tertiary/aromatic N) is 2. The van der Waals surface area contributed by atoms with Gasteiger partial charge in [0.25, 0.3) is 0 Å². The Hall–Kier alpha value is -1.68. The Morgan fingerprint density at radius 2 is 2.11 bits per heavy atom. The normalized spacial score (nSPS) is 16.5. The molecule has 1 saturated carbocycles. The Morgan fingerprint density at radius 1 is 1.26 bits per heavy atom. The number of hydrogen-bond donors (Lipinski definition) is 1. The van der Waals surface area contributed by atoms with Gasteiger partial charge in [-0.15, -0.1) is 0 Å². The molecule has 2 aromatic rings. The maximum Gasteiger partial charge on any atom is 0.137 e. The summed E-state index contributed by atoms with van der Waals surface area (Å²) in [4.78, 5) is 8.64. The van der Waals surface area contributed by atoms with Crippen LogP contribution in [0.3, 0.4) is 0 Å². The number of para-hydroxylation sites is 1. The number of methoxy groups -OCH3 is 1. The van der Waals surface area contributed by atoms with E-state index in [1.807, 2.05) is 18.2 Å². The van der Waals surface area contributed by atoms with Crippen LogP contribution in [0.15, 0.2) is 30.6 Å². The van der Waals surface area contributed by atoms with Crippen LogP contribution in [0.25, 0.3) is 10.9 Å². The van der Waals surface area contributed by atoms with E-state index in [4.69, 9.17) is 4.74 Å². The molecule has 0 bridgehead atoms. The molecule has 0 spiro atoms. The van der Waals surface area contributed by atoms with E-state index in [1.54, 1.807) is 13.4 Å². The van der Waals surface area contributed by atoms with Crippen LogP contribution in [0.1, 0.15) is 19.3 Å². The summed E-state index contributed by atoms with van der Waals surface area (Å²) in [6, 6.07) is 8.10. The summed E-state index contributed by atoms with van der Waals surface area (Å²) >= 11 is 0. The van der Waals surface area contributed by atoms with Gasteiger partial charge < -0.3 is 10.1 Å². The molecular weight excluding hydrogens is 238 g/mol. The Morgan fingerprint density at radius 3 is 2.89 bits per heavy atom. The molecule has 0 radical (unpaired) electrons. The molecule has 1 heterocycles. The minimum Gasteiger partial charge on any atom is -0.385 e. The van der Waals surface area contributed by atoms with Gasteiger partial charge in [-0.05, 0) is 36.8 Å². The van der Waals surface area contributed by atoms with E-state index >= 15 is 0 Å². The van der Waals surface area contributed by atoms with Crippen molar-refractivity contribution in [3.05, 3.63) is 30.6 Å². The minimum absolute atomic E-state index is 0.419. The molecule has 1 N–H and O–H groups in total. The van der Waals surface area contributed by atoms with E-state index in [0.717, 1.165) is 36.3 Å².